The minimum absolute atomic E-state index is 0.0678. The third kappa shape index (κ3) is 3.39. The van der Waals surface area contributed by atoms with Gasteiger partial charge in [0, 0.05) is 26.2 Å². The highest BCUT2D eigenvalue weighted by Crippen LogP contribution is 2.27. The quantitative estimate of drug-likeness (QED) is 0.907. The lowest BCUT2D eigenvalue weighted by Crippen LogP contribution is -2.49. The monoisotopic (exact) mass is 315 g/mol. The number of piperidine rings is 1. The summed E-state index contributed by atoms with van der Waals surface area (Å²) in [5, 5.41) is 2.94. The number of likely N-dealkylation sites (tertiary alicyclic amines) is 1. The molecule has 2 aliphatic heterocycles. The minimum atomic E-state index is 0.0678. The fourth-order valence-corrected chi connectivity index (χ4v) is 3.66. The van der Waals surface area contributed by atoms with Crippen LogP contribution < -0.4 is 5.32 Å². The Hall–Kier alpha value is -1.88. The number of carbonyl (C=O) groups excluding carboxylic acids is 2. The van der Waals surface area contributed by atoms with Gasteiger partial charge in [0.15, 0.2) is 0 Å². The number of likely N-dealkylation sites (N-methyl/N-ethyl adjacent to an activating group) is 1. The summed E-state index contributed by atoms with van der Waals surface area (Å²) in [6.07, 6.45) is 1.93. The molecule has 0 unspecified atom stereocenters. The number of rotatable bonds is 4. The molecule has 23 heavy (non-hydrogen) atoms. The Labute approximate surface area is 137 Å². The van der Waals surface area contributed by atoms with Gasteiger partial charge in [-0.15, -0.1) is 0 Å². The summed E-state index contributed by atoms with van der Waals surface area (Å²) in [4.78, 5) is 28.4. The number of aryl methyl sites for hydroxylation is 1. The van der Waals surface area contributed by atoms with E-state index in [-0.39, 0.29) is 23.8 Å². The number of hydrogen-bond donors (Lipinski definition) is 1. The summed E-state index contributed by atoms with van der Waals surface area (Å²) >= 11 is 0. The van der Waals surface area contributed by atoms with Crippen LogP contribution in [-0.2, 0) is 16.1 Å². The molecule has 3 rings (SSSR count). The van der Waals surface area contributed by atoms with E-state index >= 15 is 0 Å². The van der Waals surface area contributed by atoms with Gasteiger partial charge in [0.2, 0.25) is 11.8 Å². The van der Waals surface area contributed by atoms with Crippen LogP contribution in [0.25, 0.3) is 0 Å². The number of amides is 2. The van der Waals surface area contributed by atoms with Crippen LogP contribution >= 0.6 is 0 Å². The second-order valence-corrected chi connectivity index (χ2v) is 6.71. The molecule has 0 spiro atoms. The third-order valence-electron chi connectivity index (χ3n) is 5.15. The molecule has 5 nitrogen and oxygen atoms in total. The van der Waals surface area contributed by atoms with E-state index in [0.717, 1.165) is 19.4 Å². The molecule has 2 heterocycles. The molecule has 2 amide bonds. The fraction of sp³-hybridized carbons (Fsp3) is 0.556. The predicted molar refractivity (Wildman–Crippen MR) is 88.7 cm³/mol. The van der Waals surface area contributed by atoms with Crippen LogP contribution in [0.1, 0.15) is 24.0 Å². The Morgan fingerprint density at radius 1 is 1.39 bits per heavy atom. The normalized spacial score (nSPS) is 24.2. The first-order valence-electron chi connectivity index (χ1n) is 8.36. The van der Waals surface area contributed by atoms with Crippen molar-refractivity contribution >= 4 is 11.8 Å². The Balaban J connectivity index is 1.60. The first-order valence-corrected chi connectivity index (χ1v) is 8.36. The molecule has 1 aromatic carbocycles. The Bertz CT molecular complexity index is 602. The topological polar surface area (TPSA) is 52.7 Å². The lowest BCUT2D eigenvalue weighted by Gasteiger charge is -2.36. The first kappa shape index (κ1) is 16.0. The highest BCUT2D eigenvalue weighted by molar-refractivity contribution is 5.82. The van der Waals surface area contributed by atoms with Gasteiger partial charge in [0.25, 0.3) is 0 Å². The van der Waals surface area contributed by atoms with Crippen molar-refractivity contribution in [3.8, 4) is 0 Å². The molecule has 2 saturated heterocycles. The van der Waals surface area contributed by atoms with Gasteiger partial charge in [0.1, 0.15) is 0 Å². The molecule has 1 N–H and O–H groups in total. The van der Waals surface area contributed by atoms with Crippen LogP contribution in [-0.4, -0.2) is 54.3 Å². The maximum atomic E-state index is 12.6. The summed E-state index contributed by atoms with van der Waals surface area (Å²) in [5.41, 5.74) is 2.38. The molecule has 124 valence electrons. The molecule has 2 fully saturated rings. The number of fused-ring (bicyclic) bond motifs is 1. The van der Waals surface area contributed by atoms with Crippen LogP contribution in [0.15, 0.2) is 24.3 Å². The highest BCUT2D eigenvalue weighted by atomic mass is 16.2. The zero-order valence-electron chi connectivity index (χ0n) is 13.9. The lowest BCUT2D eigenvalue weighted by atomic mass is 9.91. The van der Waals surface area contributed by atoms with E-state index in [1.807, 2.05) is 19.2 Å². The standard InChI is InChI=1S/C18H25N3O2/c1-13-6-3-4-7-14(13)11-20(2)17(22)12-21-9-5-8-15-16(21)10-19-18(15)23/h3-4,6-7,15-16H,5,8-12H2,1-2H3,(H,19,23)/t15-,16-/m1/s1. The smallest absolute Gasteiger partial charge is 0.236 e. The number of nitrogens with one attached hydrogen (secondary N) is 1. The predicted octanol–water partition coefficient (Wildman–Crippen LogP) is 1.16. The van der Waals surface area contributed by atoms with Gasteiger partial charge in [0.05, 0.1) is 12.5 Å². The van der Waals surface area contributed by atoms with E-state index in [2.05, 4.69) is 29.3 Å². The number of carbonyl (C=O) groups is 2. The van der Waals surface area contributed by atoms with Crippen LogP contribution in [0.4, 0.5) is 0 Å². The van der Waals surface area contributed by atoms with E-state index in [9.17, 15) is 9.59 Å². The average molecular weight is 315 g/mol. The van der Waals surface area contributed by atoms with E-state index < -0.39 is 0 Å². The molecule has 0 radical (unpaired) electrons. The maximum absolute atomic E-state index is 12.6. The van der Waals surface area contributed by atoms with Crippen LogP contribution in [0.5, 0.6) is 0 Å². The van der Waals surface area contributed by atoms with Crippen LogP contribution in [0.2, 0.25) is 0 Å². The SMILES string of the molecule is Cc1ccccc1CN(C)C(=O)CN1CCC[C@H]2C(=O)NC[C@H]21. The largest absolute Gasteiger partial charge is 0.354 e. The Morgan fingerprint density at radius 3 is 2.96 bits per heavy atom. The summed E-state index contributed by atoms with van der Waals surface area (Å²) in [5.74, 6) is 0.340. The molecule has 1 aromatic rings. The maximum Gasteiger partial charge on any atom is 0.236 e. The second-order valence-electron chi connectivity index (χ2n) is 6.71. The summed E-state index contributed by atoms with van der Waals surface area (Å²) < 4.78 is 0. The van der Waals surface area contributed by atoms with Crippen molar-refractivity contribution in [3.63, 3.8) is 0 Å². The van der Waals surface area contributed by atoms with E-state index in [4.69, 9.17) is 0 Å². The van der Waals surface area contributed by atoms with Crippen molar-refractivity contribution in [2.45, 2.75) is 32.4 Å². The summed E-state index contributed by atoms with van der Waals surface area (Å²) in [7, 11) is 1.86. The second kappa shape index (κ2) is 6.71. The molecule has 0 saturated carbocycles. The third-order valence-corrected chi connectivity index (χ3v) is 5.15. The molecule has 0 aliphatic carbocycles. The molecule has 2 aliphatic rings. The molecule has 0 aromatic heterocycles. The van der Waals surface area contributed by atoms with Gasteiger partial charge in [-0.25, -0.2) is 0 Å². The van der Waals surface area contributed by atoms with Crippen molar-refractivity contribution in [2.24, 2.45) is 5.92 Å². The molecular formula is C18H25N3O2. The number of nitrogens with zero attached hydrogens (tertiary/aromatic N) is 2. The van der Waals surface area contributed by atoms with Gasteiger partial charge in [-0.1, -0.05) is 24.3 Å². The summed E-state index contributed by atoms with van der Waals surface area (Å²) in [6.45, 7) is 4.68. The van der Waals surface area contributed by atoms with E-state index in [1.54, 1.807) is 4.90 Å². The fourth-order valence-electron chi connectivity index (χ4n) is 3.66. The summed E-state index contributed by atoms with van der Waals surface area (Å²) in [6, 6.07) is 8.34. The van der Waals surface area contributed by atoms with Crippen molar-refractivity contribution in [3.05, 3.63) is 35.4 Å². The van der Waals surface area contributed by atoms with Gasteiger partial charge < -0.3 is 10.2 Å². The van der Waals surface area contributed by atoms with Gasteiger partial charge in [-0.3, -0.25) is 14.5 Å². The molecule has 5 heteroatoms. The molecular weight excluding hydrogens is 290 g/mol. The van der Waals surface area contributed by atoms with Crippen molar-refractivity contribution < 1.29 is 9.59 Å². The van der Waals surface area contributed by atoms with Gasteiger partial charge >= 0.3 is 0 Å². The van der Waals surface area contributed by atoms with Crippen LogP contribution in [0, 0.1) is 12.8 Å². The highest BCUT2D eigenvalue weighted by Gasteiger charge is 2.41. The number of benzene rings is 1. The van der Waals surface area contributed by atoms with Crippen molar-refractivity contribution in [1.82, 2.24) is 15.1 Å². The van der Waals surface area contributed by atoms with Gasteiger partial charge in [-0.2, -0.15) is 0 Å². The lowest BCUT2D eigenvalue weighted by molar-refractivity contribution is -0.134. The average Bonchev–Trinajstić information content (AvgIpc) is 2.92. The Kier molecular flexibility index (Phi) is 4.66. The minimum Gasteiger partial charge on any atom is -0.354 e. The van der Waals surface area contributed by atoms with Crippen molar-refractivity contribution in [2.75, 3.05) is 26.7 Å². The zero-order chi connectivity index (χ0) is 16.4. The van der Waals surface area contributed by atoms with E-state index in [1.165, 1.54) is 11.1 Å². The van der Waals surface area contributed by atoms with Crippen LogP contribution in [0.3, 0.4) is 0 Å². The molecule has 2 atom stereocenters. The Morgan fingerprint density at radius 2 is 2.17 bits per heavy atom. The molecule has 0 bridgehead atoms. The van der Waals surface area contributed by atoms with Gasteiger partial charge in [-0.05, 0) is 37.4 Å². The zero-order valence-corrected chi connectivity index (χ0v) is 13.9. The van der Waals surface area contributed by atoms with E-state index in [0.29, 0.717) is 19.6 Å². The first-order chi connectivity index (χ1) is 11.1. The number of hydrogen-bond acceptors (Lipinski definition) is 3. The van der Waals surface area contributed by atoms with Crippen molar-refractivity contribution in [1.29, 1.82) is 0 Å².